The Balaban J connectivity index is 1.62. The number of likely N-dealkylation sites (N-methyl/N-ethyl adjacent to an activating group) is 1. The van der Waals surface area contributed by atoms with E-state index in [9.17, 15) is 4.79 Å². The first-order valence-corrected chi connectivity index (χ1v) is 11.9. The zero-order valence-corrected chi connectivity index (χ0v) is 19.5. The summed E-state index contributed by atoms with van der Waals surface area (Å²) in [5.41, 5.74) is 2.01. The van der Waals surface area contributed by atoms with Crippen molar-refractivity contribution in [3.8, 4) is 5.75 Å². The largest absolute Gasteiger partial charge is 0.465 e. The van der Waals surface area contributed by atoms with Gasteiger partial charge in [0.2, 0.25) is 5.91 Å². The molecule has 0 spiro atoms. The molecule has 2 unspecified atom stereocenters. The minimum absolute atomic E-state index is 0.138. The topological polar surface area (TPSA) is 42.0 Å². The maximum Gasteiger partial charge on any atom is 0.247 e. The SMILES string of the molecule is CN(C)CCCC1(c2ccc(OC3CCCCO3)cc2)Sc2ccccc2N(C)C1=O. The number of nitrogens with zero attached hydrogens (tertiary/aromatic N) is 2. The van der Waals surface area contributed by atoms with Crippen LogP contribution in [0.4, 0.5) is 5.69 Å². The highest BCUT2D eigenvalue weighted by molar-refractivity contribution is 8.01. The minimum Gasteiger partial charge on any atom is -0.465 e. The summed E-state index contributed by atoms with van der Waals surface area (Å²) >= 11 is 1.69. The summed E-state index contributed by atoms with van der Waals surface area (Å²) in [5.74, 6) is 0.931. The van der Waals surface area contributed by atoms with Gasteiger partial charge in [-0.05, 0) is 76.2 Å². The quantitative estimate of drug-likeness (QED) is 0.613. The van der Waals surface area contributed by atoms with Crippen molar-refractivity contribution in [1.29, 1.82) is 0 Å². The van der Waals surface area contributed by atoms with E-state index in [1.165, 1.54) is 0 Å². The Morgan fingerprint density at radius 1 is 1.16 bits per heavy atom. The van der Waals surface area contributed by atoms with Crippen LogP contribution in [0.2, 0.25) is 0 Å². The molecule has 1 saturated heterocycles. The first-order chi connectivity index (χ1) is 15.0. The Labute approximate surface area is 189 Å². The Morgan fingerprint density at radius 3 is 2.65 bits per heavy atom. The molecule has 2 aromatic carbocycles. The van der Waals surface area contributed by atoms with Gasteiger partial charge in [0.05, 0.1) is 12.3 Å². The lowest BCUT2D eigenvalue weighted by atomic mass is 9.90. The lowest BCUT2D eigenvalue weighted by Gasteiger charge is -2.41. The molecule has 31 heavy (non-hydrogen) atoms. The zero-order chi connectivity index (χ0) is 21.8. The van der Waals surface area contributed by atoms with Crippen molar-refractivity contribution in [1.82, 2.24) is 4.90 Å². The van der Waals surface area contributed by atoms with E-state index < -0.39 is 4.75 Å². The molecule has 0 aliphatic carbocycles. The first kappa shape index (κ1) is 22.2. The monoisotopic (exact) mass is 440 g/mol. The number of anilines is 1. The van der Waals surface area contributed by atoms with Crippen molar-refractivity contribution < 1.29 is 14.3 Å². The number of benzene rings is 2. The fourth-order valence-corrected chi connectivity index (χ4v) is 5.88. The average molecular weight is 441 g/mol. The van der Waals surface area contributed by atoms with Gasteiger partial charge in [-0.25, -0.2) is 0 Å². The van der Waals surface area contributed by atoms with E-state index in [-0.39, 0.29) is 12.2 Å². The van der Waals surface area contributed by atoms with Gasteiger partial charge >= 0.3 is 0 Å². The smallest absolute Gasteiger partial charge is 0.247 e. The molecule has 0 radical (unpaired) electrons. The lowest BCUT2D eigenvalue weighted by Crippen LogP contribution is -2.46. The van der Waals surface area contributed by atoms with Gasteiger partial charge < -0.3 is 19.3 Å². The highest BCUT2D eigenvalue weighted by atomic mass is 32.2. The van der Waals surface area contributed by atoms with E-state index in [0.717, 1.165) is 67.2 Å². The molecule has 0 N–H and O–H groups in total. The van der Waals surface area contributed by atoms with E-state index in [0.29, 0.717) is 0 Å². The Kier molecular flexibility index (Phi) is 6.89. The molecule has 2 aliphatic rings. The van der Waals surface area contributed by atoms with Gasteiger partial charge in [-0.2, -0.15) is 0 Å². The predicted molar refractivity (Wildman–Crippen MR) is 126 cm³/mol. The Hall–Kier alpha value is -2.02. The molecule has 4 rings (SSSR count). The summed E-state index contributed by atoms with van der Waals surface area (Å²) in [7, 11) is 6.03. The number of thioether (sulfide) groups is 1. The molecule has 0 bridgehead atoms. The van der Waals surface area contributed by atoms with Crippen LogP contribution in [0.1, 0.15) is 37.7 Å². The van der Waals surface area contributed by atoms with E-state index in [4.69, 9.17) is 9.47 Å². The zero-order valence-electron chi connectivity index (χ0n) is 18.7. The number of carbonyl (C=O) groups excluding carboxylic acids is 1. The van der Waals surface area contributed by atoms with Crippen molar-refractivity contribution in [2.75, 3.05) is 39.2 Å². The summed E-state index contributed by atoms with van der Waals surface area (Å²) in [6.45, 7) is 1.70. The third kappa shape index (κ3) is 4.76. The van der Waals surface area contributed by atoms with Crippen LogP contribution in [0.25, 0.3) is 0 Å². The fraction of sp³-hybridized carbons (Fsp3) is 0.480. The second-order valence-electron chi connectivity index (χ2n) is 8.61. The molecule has 0 aromatic heterocycles. The van der Waals surface area contributed by atoms with Gasteiger partial charge in [-0.3, -0.25) is 4.79 Å². The molecule has 2 aromatic rings. The normalized spacial score (nSPS) is 23.7. The summed E-state index contributed by atoms with van der Waals surface area (Å²) in [6.07, 6.45) is 4.70. The van der Waals surface area contributed by atoms with Crippen molar-refractivity contribution in [2.24, 2.45) is 0 Å². The van der Waals surface area contributed by atoms with Gasteiger partial charge in [-0.15, -0.1) is 11.8 Å². The number of para-hydroxylation sites is 1. The number of carbonyl (C=O) groups is 1. The minimum atomic E-state index is -0.640. The van der Waals surface area contributed by atoms with Crippen LogP contribution in [0.3, 0.4) is 0 Å². The average Bonchev–Trinajstić information content (AvgIpc) is 2.78. The number of fused-ring (bicyclic) bond motifs is 1. The standard InChI is InChI=1S/C25H32N2O3S/c1-26(2)17-8-16-25(24(28)27(3)21-9-4-5-10-22(21)31-25)19-12-14-20(15-13-19)30-23-11-6-7-18-29-23/h4-5,9-10,12-15,23H,6-8,11,16-18H2,1-3H3. The summed E-state index contributed by atoms with van der Waals surface area (Å²) in [6, 6.07) is 16.2. The van der Waals surface area contributed by atoms with Crippen molar-refractivity contribution >= 4 is 23.4 Å². The van der Waals surface area contributed by atoms with Crippen LogP contribution in [-0.4, -0.2) is 51.4 Å². The van der Waals surface area contributed by atoms with E-state index in [2.05, 4.69) is 37.2 Å². The van der Waals surface area contributed by atoms with Crippen molar-refractivity contribution in [2.45, 2.75) is 48.0 Å². The van der Waals surface area contributed by atoms with E-state index in [1.807, 2.05) is 42.3 Å². The predicted octanol–water partition coefficient (Wildman–Crippen LogP) is 4.90. The molecule has 1 fully saturated rings. The fourth-order valence-electron chi connectivity index (χ4n) is 4.32. The van der Waals surface area contributed by atoms with E-state index in [1.54, 1.807) is 11.8 Å². The molecule has 166 valence electrons. The van der Waals surface area contributed by atoms with Crippen LogP contribution in [-0.2, 0) is 14.3 Å². The van der Waals surface area contributed by atoms with E-state index >= 15 is 0 Å². The Bertz CT molecular complexity index is 896. The van der Waals surface area contributed by atoms with Crippen molar-refractivity contribution in [3.05, 3.63) is 54.1 Å². The highest BCUT2D eigenvalue weighted by Crippen LogP contribution is 2.53. The highest BCUT2D eigenvalue weighted by Gasteiger charge is 2.47. The number of hydrogen-bond donors (Lipinski definition) is 0. The second kappa shape index (κ2) is 9.63. The Morgan fingerprint density at radius 2 is 1.94 bits per heavy atom. The molecular formula is C25H32N2O3S. The molecule has 2 atom stereocenters. The van der Waals surface area contributed by atoms with Gasteiger partial charge in [0, 0.05) is 18.4 Å². The van der Waals surface area contributed by atoms with Gasteiger partial charge in [-0.1, -0.05) is 24.3 Å². The van der Waals surface area contributed by atoms with Crippen molar-refractivity contribution in [3.63, 3.8) is 0 Å². The molecule has 5 nitrogen and oxygen atoms in total. The second-order valence-corrected chi connectivity index (χ2v) is 9.95. The van der Waals surface area contributed by atoms with Gasteiger partial charge in [0.1, 0.15) is 10.5 Å². The molecule has 0 saturated carbocycles. The van der Waals surface area contributed by atoms with Crippen LogP contribution >= 0.6 is 11.8 Å². The van der Waals surface area contributed by atoms with Crippen LogP contribution in [0.5, 0.6) is 5.75 Å². The van der Waals surface area contributed by atoms with Crippen LogP contribution < -0.4 is 9.64 Å². The third-order valence-corrected chi connectivity index (χ3v) is 7.55. The maximum atomic E-state index is 13.7. The molecule has 6 heteroatoms. The third-order valence-electron chi connectivity index (χ3n) is 6.02. The molecular weight excluding hydrogens is 408 g/mol. The number of amides is 1. The number of ether oxygens (including phenoxy) is 2. The summed E-state index contributed by atoms with van der Waals surface area (Å²) in [5, 5.41) is 0. The first-order valence-electron chi connectivity index (χ1n) is 11.1. The summed E-state index contributed by atoms with van der Waals surface area (Å²) < 4.78 is 11.1. The number of hydrogen-bond acceptors (Lipinski definition) is 5. The molecule has 2 aliphatic heterocycles. The lowest BCUT2D eigenvalue weighted by molar-refractivity contribution is -0.121. The van der Waals surface area contributed by atoms with Gasteiger partial charge in [0.15, 0.2) is 6.29 Å². The van der Waals surface area contributed by atoms with Gasteiger partial charge in [0.25, 0.3) is 0 Å². The van der Waals surface area contributed by atoms with Crippen LogP contribution in [0.15, 0.2) is 53.4 Å². The maximum absolute atomic E-state index is 13.7. The number of rotatable bonds is 7. The molecule has 1 amide bonds. The van der Waals surface area contributed by atoms with Crippen LogP contribution in [0, 0.1) is 0 Å². The molecule has 2 heterocycles. The summed E-state index contributed by atoms with van der Waals surface area (Å²) in [4.78, 5) is 18.9.